The zero-order valence-electron chi connectivity index (χ0n) is 10.3. The Morgan fingerprint density at radius 2 is 2.05 bits per heavy atom. The summed E-state index contributed by atoms with van der Waals surface area (Å²) in [6.45, 7) is 0.571. The minimum atomic E-state index is -0.222. The van der Waals surface area contributed by atoms with Crippen molar-refractivity contribution >= 4 is 11.2 Å². The van der Waals surface area contributed by atoms with Crippen LogP contribution in [-0.4, -0.2) is 27.0 Å². The number of methoxy groups -OCH3 is 1. The van der Waals surface area contributed by atoms with Gasteiger partial charge in [-0.2, -0.15) is 0 Å². The van der Waals surface area contributed by atoms with E-state index < -0.39 is 0 Å². The molecule has 0 aliphatic rings. The van der Waals surface area contributed by atoms with Gasteiger partial charge in [-0.15, -0.1) is 0 Å². The molecule has 0 fully saturated rings. The molecule has 2 aromatic heterocycles. The van der Waals surface area contributed by atoms with Crippen LogP contribution in [0, 0.1) is 0 Å². The Labute approximate surface area is 108 Å². The highest BCUT2D eigenvalue weighted by Gasteiger charge is 2.08. The first-order valence-corrected chi connectivity index (χ1v) is 5.79. The highest BCUT2D eigenvalue weighted by atomic mass is 16.5. The fourth-order valence-corrected chi connectivity index (χ4v) is 1.90. The van der Waals surface area contributed by atoms with Crippen LogP contribution >= 0.6 is 0 Å². The first-order chi connectivity index (χ1) is 9.28. The van der Waals surface area contributed by atoms with Crippen LogP contribution in [0.4, 0.5) is 0 Å². The summed E-state index contributed by atoms with van der Waals surface area (Å²) >= 11 is 0. The normalized spacial score (nSPS) is 11.0. The van der Waals surface area contributed by atoms with E-state index in [0.29, 0.717) is 23.6 Å². The Morgan fingerprint density at radius 3 is 2.74 bits per heavy atom. The number of benzene rings is 1. The minimum Gasteiger partial charge on any atom is -0.380 e. The molecule has 3 rings (SSSR count). The topological polar surface area (TPSA) is 83.7 Å². The molecule has 2 heterocycles. The predicted molar refractivity (Wildman–Crippen MR) is 70.7 cm³/mol. The van der Waals surface area contributed by atoms with Crippen molar-refractivity contribution in [1.82, 2.24) is 19.9 Å². The van der Waals surface area contributed by atoms with Crippen molar-refractivity contribution in [2.45, 2.75) is 6.61 Å². The van der Waals surface area contributed by atoms with Gasteiger partial charge in [0.15, 0.2) is 11.2 Å². The quantitative estimate of drug-likeness (QED) is 0.743. The van der Waals surface area contributed by atoms with Gasteiger partial charge in [-0.1, -0.05) is 24.3 Å². The Bertz CT molecular complexity index is 758. The highest BCUT2D eigenvalue weighted by Crippen LogP contribution is 2.18. The molecule has 0 spiro atoms. The van der Waals surface area contributed by atoms with Crippen molar-refractivity contribution in [2.24, 2.45) is 0 Å². The molecule has 0 unspecified atom stereocenters. The van der Waals surface area contributed by atoms with Crippen LogP contribution in [0.1, 0.15) is 5.56 Å². The summed E-state index contributed by atoms with van der Waals surface area (Å²) in [7, 11) is 1.66. The molecule has 2 N–H and O–H groups in total. The smallest absolute Gasteiger partial charge is 0.276 e. The zero-order chi connectivity index (χ0) is 13.2. The second-order valence-corrected chi connectivity index (χ2v) is 4.15. The number of hydrogen-bond donors (Lipinski definition) is 2. The summed E-state index contributed by atoms with van der Waals surface area (Å²) in [6, 6.07) is 7.79. The van der Waals surface area contributed by atoms with Crippen molar-refractivity contribution in [3.05, 3.63) is 46.5 Å². The van der Waals surface area contributed by atoms with Crippen LogP contribution in [0.15, 0.2) is 35.4 Å². The number of nitrogens with one attached hydrogen (secondary N) is 2. The molecule has 19 heavy (non-hydrogen) atoms. The average Bonchev–Trinajstić information content (AvgIpc) is 2.85. The second-order valence-electron chi connectivity index (χ2n) is 4.15. The fourth-order valence-electron chi connectivity index (χ4n) is 1.90. The molecule has 0 aliphatic carbocycles. The predicted octanol–water partition coefficient (Wildman–Crippen LogP) is 1.46. The van der Waals surface area contributed by atoms with Gasteiger partial charge in [-0.25, -0.2) is 9.97 Å². The molecule has 0 atom stereocenters. The lowest BCUT2D eigenvalue weighted by atomic mass is 10.1. The van der Waals surface area contributed by atoms with E-state index in [0.717, 1.165) is 11.1 Å². The largest absolute Gasteiger partial charge is 0.380 e. The van der Waals surface area contributed by atoms with Crippen LogP contribution in [0.5, 0.6) is 0 Å². The van der Waals surface area contributed by atoms with Crippen molar-refractivity contribution in [2.75, 3.05) is 7.11 Å². The number of hydrogen-bond acceptors (Lipinski definition) is 4. The minimum absolute atomic E-state index is 0.222. The second kappa shape index (κ2) is 4.66. The van der Waals surface area contributed by atoms with Crippen molar-refractivity contribution in [3.63, 3.8) is 0 Å². The number of fused-ring (bicyclic) bond motifs is 1. The van der Waals surface area contributed by atoms with E-state index in [1.165, 1.54) is 6.33 Å². The summed E-state index contributed by atoms with van der Waals surface area (Å²) in [5, 5.41) is 0. The average molecular weight is 256 g/mol. The SMILES string of the molecule is COCc1ccc(-c2nc3nc[nH]c(=O)c3[nH]2)cc1. The third-order valence-electron chi connectivity index (χ3n) is 2.83. The summed E-state index contributed by atoms with van der Waals surface area (Å²) < 4.78 is 5.06. The van der Waals surface area contributed by atoms with Crippen LogP contribution in [-0.2, 0) is 11.3 Å². The molecule has 96 valence electrons. The molecule has 6 nitrogen and oxygen atoms in total. The molecule has 0 radical (unpaired) electrons. The number of nitrogens with zero attached hydrogens (tertiary/aromatic N) is 2. The van der Waals surface area contributed by atoms with Gasteiger partial charge in [-0.05, 0) is 5.56 Å². The Morgan fingerprint density at radius 1 is 1.26 bits per heavy atom. The van der Waals surface area contributed by atoms with Crippen LogP contribution < -0.4 is 5.56 Å². The lowest BCUT2D eigenvalue weighted by Crippen LogP contribution is -2.05. The number of imidazole rings is 1. The molecular weight excluding hydrogens is 244 g/mol. The van der Waals surface area contributed by atoms with Crippen LogP contribution in [0.25, 0.3) is 22.6 Å². The van der Waals surface area contributed by atoms with E-state index in [-0.39, 0.29) is 5.56 Å². The first-order valence-electron chi connectivity index (χ1n) is 5.79. The maximum Gasteiger partial charge on any atom is 0.276 e. The van der Waals surface area contributed by atoms with Gasteiger partial charge in [0.2, 0.25) is 0 Å². The van der Waals surface area contributed by atoms with E-state index in [1.807, 2.05) is 24.3 Å². The van der Waals surface area contributed by atoms with Gasteiger partial charge in [0, 0.05) is 12.7 Å². The van der Waals surface area contributed by atoms with Crippen molar-refractivity contribution in [3.8, 4) is 11.4 Å². The molecule has 1 aromatic carbocycles. The Hall–Kier alpha value is -2.47. The van der Waals surface area contributed by atoms with E-state index in [1.54, 1.807) is 7.11 Å². The van der Waals surface area contributed by atoms with Crippen molar-refractivity contribution < 1.29 is 4.74 Å². The van der Waals surface area contributed by atoms with E-state index in [2.05, 4.69) is 19.9 Å². The summed E-state index contributed by atoms with van der Waals surface area (Å²) in [4.78, 5) is 25.4. The van der Waals surface area contributed by atoms with Crippen LogP contribution in [0.3, 0.4) is 0 Å². The summed E-state index contributed by atoms with van der Waals surface area (Å²) in [5.74, 6) is 0.628. The number of H-pyrrole nitrogens is 2. The third-order valence-corrected chi connectivity index (χ3v) is 2.83. The molecular formula is C13H12N4O2. The molecule has 0 bridgehead atoms. The van der Waals surface area contributed by atoms with Crippen LogP contribution in [0.2, 0.25) is 0 Å². The maximum atomic E-state index is 11.6. The summed E-state index contributed by atoms with van der Waals surface area (Å²) in [6.07, 6.45) is 1.34. The summed E-state index contributed by atoms with van der Waals surface area (Å²) in [5.41, 5.74) is 2.56. The molecule has 0 saturated carbocycles. The molecule has 0 saturated heterocycles. The van der Waals surface area contributed by atoms with Gasteiger partial charge in [-0.3, -0.25) is 4.79 Å². The molecule has 6 heteroatoms. The standard InChI is InChI=1S/C13H12N4O2/c1-19-6-8-2-4-9(5-3-8)11-16-10-12(17-11)14-7-15-13(10)18/h2-5,7H,6H2,1H3,(H2,14,15,16,17,18). The van der Waals surface area contributed by atoms with Crippen molar-refractivity contribution in [1.29, 1.82) is 0 Å². The zero-order valence-corrected chi connectivity index (χ0v) is 10.3. The molecule has 0 aliphatic heterocycles. The fraction of sp³-hybridized carbons (Fsp3) is 0.154. The van der Waals surface area contributed by atoms with E-state index in [9.17, 15) is 4.79 Å². The molecule has 0 amide bonds. The monoisotopic (exact) mass is 256 g/mol. The Balaban J connectivity index is 2.04. The number of rotatable bonds is 3. The van der Waals surface area contributed by atoms with Gasteiger partial charge < -0.3 is 14.7 Å². The number of aromatic amines is 2. The first kappa shape index (κ1) is 11.6. The van der Waals surface area contributed by atoms with E-state index >= 15 is 0 Å². The number of aromatic nitrogens is 4. The Kier molecular flexibility index (Phi) is 2.85. The lowest BCUT2D eigenvalue weighted by molar-refractivity contribution is 0.185. The maximum absolute atomic E-state index is 11.6. The third kappa shape index (κ3) is 2.13. The van der Waals surface area contributed by atoms with Gasteiger partial charge in [0.05, 0.1) is 12.9 Å². The van der Waals surface area contributed by atoms with E-state index in [4.69, 9.17) is 4.74 Å². The van der Waals surface area contributed by atoms with Gasteiger partial charge >= 0.3 is 0 Å². The number of ether oxygens (including phenoxy) is 1. The molecule has 3 aromatic rings. The lowest BCUT2D eigenvalue weighted by Gasteiger charge is -2.00. The highest BCUT2D eigenvalue weighted by molar-refractivity contribution is 5.74. The van der Waals surface area contributed by atoms with Gasteiger partial charge in [0.25, 0.3) is 5.56 Å². The van der Waals surface area contributed by atoms with Gasteiger partial charge in [0.1, 0.15) is 5.82 Å².